The molecule has 114 valence electrons. The molecular formula is C16H23FN4. The van der Waals surface area contributed by atoms with E-state index >= 15 is 0 Å². The van der Waals surface area contributed by atoms with Crippen LogP contribution in [0.3, 0.4) is 0 Å². The van der Waals surface area contributed by atoms with E-state index in [0.29, 0.717) is 0 Å². The van der Waals surface area contributed by atoms with Crippen LogP contribution in [0.2, 0.25) is 0 Å². The van der Waals surface area contributed by atoms with Gasteiger partial charge >= 0.3 is 0 Å². The van der Waals surface area contributed by atoms with Crippen molar-refractivity contribution in [2.24, 2.45) is 5.84 Å². The Morgan fingerprint density at radius 1 is 1.33 bits per heavy atom. The number of rotatable bonds is 6. The summed E-state index contributed by atoms with van der Waals surface area (Å²) in [4.78, 5) is 0. The predicted molar refractivity (Wildman–Crippen MR) is 82.1 cm³/mol. The van der Waals surface area contributed by atoms with E-state index in [4.69, 9.17) is 5.84 Å². The van der Waals surface area contributed by atoms with Crippen molar-refractivity contribution < 1.29 is 4.39 Å². The summed E-state index contributed by atoms with van der Waals surface area (Å²) in [5, 5.41) is 4.29. The Morgan fingerprint density at radius 3 is 2.52 bits per heavy atom. The number of hydrogen-bond acceptors (Lipinski definition) is 3. The molecule has 2 rings (SSSR count). The molecule has 0 radical (unpaired) electrons. The van der Waals surface area contributed by atoms with E-state index in [2.05, 4.69) is 31.3 Å². The van der Waals surface area contributed by atoms with Crippen LogP contribution in [0, 0.1) is 5.82 Å². The number of nitrogens with one attached hydrogen (secondary N) is 1. The van der Waals surface area contributed by atoms with E-state index in [-0.39, 0.29) is 17.3 Å². The van der Waals surface area contributed by atoms with Gasteiger partial charge in [0.2, 0.25) is 0 Å². The van der Waals surface area contributed by atoms with Crippen LogP contribution in [0.15, 0.2) is 36.7 Å². The Balaban J connectivity index is 2.20. The molecule has 2 aromatic rings. The number of benzene rings is 1. The molecule has 1 aromatic carbocycles. The van der Waals surface area contributed by atoms with E-state index < -0.39 is 0 Å². The summed E-state index contributed by atoms with van der Waals surface area (Å²) in [6, 6.07) is 6.63. The molecule has 4 nitrogen and oxygen atoms in total. The highest BCUT2D eigenvalue weighted by Gasteiger charge is 2.31. The first kappa shape index (κ1) is 15.7. The molecule has 0 saturated heterocycles. The van der Waals surface area contributed by atoms with Gasteiger partial charge in [0.1, 0.15) is 5.82 Å². The van der Waals surface area contributed by atoms with Crippen LogP contribution >= 0.6 is 0 Å². The first-order valence-electron chi connectivity index (χ1n) is 7.21. The predicted octanol–water partition coefficient (Wildman–Crippen LogP) is 2.39. The smallest absolute Gasteiger partial charge is 0.123 e. The van der Waals surface area contributed by atoms with Gasteiger partial charge < -0.3 is 0 Å². The van der Waals surface area contributed by atoms with Gasteiger partial charge in [0.25, 0.3) is 0 Å². The van der Waals surface area contributed by atoms with E-state index in [1.165, 1.54) is 12.1 Å². The van der Waals surface area contributed by atoms with Crippen molar-refractivity contribution >= 4 is 0 Å². The number of hydrazine groups is 1. The average molecular weight is 290 g/mol. The minimum absolute atomic E-state index is 0.0254. The molecule has 0 fully saturated rings. The molecule has 0 aliphatic heterocycles. The van der Waals surface area contributed by atoms with Gasteiger partial charge in [-0.25, -0.2) is 4.39 Å². The Labute approximate surface area is 125 Å². The highest BCUT2D eigenvalue weighted by molar-refractivity contribution is 5.27. The highest BCUT2D eigenvalue weighted by Crippen LogP contribution is 2.29. The molecule has 1 heterocycles. The summed E-state index contributed by atoms with van der Waals surface area (Å²) in [6.45, 7) is 7.12. The average Bonchev–Trinajstić information content (AvgIpc) is 2.92. The van der Waals surface area contributed by atoms with Crippen LogP contribution in [0.4, 0.5) is 4.39 Å². The van der Waals surface area contributed by atoms with Crippen LogP contribution in [0.1, 0.15) is 31.9 Å². The molecule has 1 aromatic heterocycles. The molecule has 5 heteroatoms. The van der Waals surface area contributed by atoms with Crippen molar-refractivity contribution in [2.45, 2.75) is 45.2 Å². The number of halogens is 1. The standard InChI is InChI=1S/C16H23FN4/c1-4-21-11-12(10-19-21)9-15(20-18)16(2,3)13-5-7-14(17)8-6-13/h5-8,10-11,15,20H,4,9,18H2,1-3H3. The molecular weight excluding hydrogens is 267 g/mol. The van der Waals surface area contributed by atoms with Crippen LogP contribution in [0.5, 0.6) is 0 Å². The molecule has 0 saturated carbocycles. The first-order chi connectivity index (χ1) is 9.97. The Morgan fingerprint density at radius 2 is 2.00 bits per heavy atom. The quantitative estimate of drug-likeness (QED) is 0.634. The second-order valence-electron chi connectivity index (χ2n) is 5.86. The summed E-state index contributed by atoms with van der Waals surface area (Å²) in [7, 11) is 0. The SMILES string of the molecule is CCn1cc(CC(NN)C(C)(C)c2ccc(F)cc2)cn1. The fourth-order valence-electron chi connectivity index (χ4n) is 2.52. The van der Waals surface area contributed by atoms with Gasteiger partial charge in [0.05, 0.1) is 6.20 Å². The summed E-state index contributed by atoms with van der Waals surface area (Å²) in [5.41, 5.74) is 4.86. The maximum absolute atomic E-state index is 13.1. The molecule has 1 unspecified atom stereocenters. The zero-order valence-electron chi connectivity index (χ0n) is 12.8. The number of nitrogens with two attached hydrogens (primary N) is 1. The maximum atomic E-state index is 13.1. The van der Waals surface area contributed by atoms with Crippen molar-refractivity contribution in [1.29, 1.82) is 0 Å². The van der Waals surface area contributed by atoms with Gasteiger partial charge in [-0.2, -0.15) is 5.10 Å². The first-order valence-corrected chi connectivity index (χ1v) is 7.21. The molecule has 0 bridgehead atoms. The highest BCUT2D eigenvalue weighted by atomic mass is 19.1. The largest absolute Gasteiger partial charge is 0.273 e. The molecule has 0 amide bonds. The van der Waals surface area contributed by atoms with Crippen LogP contribution in [-0.4, -0.2) is 15.8 Å². The van der Waals surface area contributed by atoms with Crippen molar-refractivity contribution in [3.8, 4) is 0 Å². The molecule has 0 aliphatic rings. The van der Waals surface area contributed by atoms with Gasteiger partial charge in [-0.15, -0.1) is 0 Å². The number of aromatic nitrogens is 2. The van der Waals surface area contributed by atoms with Gasteiger partial charge in [0.15, 0.2) is 0 Å². The second-order valence-corrected chi connectivity index (χ2v) is 5.86. The van der Waals surface area contributed by atoms with Crippen molar-refractivity contribution in [1.82, 2.24) is 15.2 Å². The zero-order chi connectivity index (χ0) is 15.5. The van der Waals surface area contributed by atoms with Crippen molar-refractivity contribution in [2.75, 3.05) is 0 Å². The van der Waals surface area contributed by atoms with E-state index in [9.17, 15) is 4.39 Å². The summed E-state index contributed by atoms with van der Waals surface area (Å²) in [5.74, 6) is 5.54. The topological polar surface area (TPSA) is 55.9 Å². The lowest BCUT2D eigenvalue weighted by Crippen LogP contribution is -2.49. The van der Waals surface area contributed by atoms with Gasteiger partial charge in [-0.05, 0) is 36.6 Å². The summed E-state index contributed by atoms with van der Waals surface area (Å²) >= 11 is 0. The lowest BCUT2D eigenvalue weighted by Gasteiger charge is -2.34. The maximum Gasteiger partial charge on any atom is 0.123 e. The lowest BCUT2D eigenvalue weighted by molar-refractivity contribution is 0.341. The zero-order valence-corrected chi connectivity index (χ0v) is 12.8. The fourth-order valence-corrected chi connectivity index (χ4v) is 2.52. The molecule has 0 spiro atoms. The molecule has 3 N–H and O–H groups in total. The lowest BCUT2D eigenvalue weighted by atomic mass is 9.76. The second kappa shape index (κ2) is 6.37. The van der Waals surface area contributed by atoms with Gasteiger partial charge in [0, 0.05) is 24.2 Å². The van der Waals surface area contributed by atoms with Gasteiger partial charge in [-0.1, -0.05) is 26.0 Å². The van der Waals surface area contributed by atoms with E-state index in [1.807, 2.05) is 29.2 Å². The number of nitrogens with zero attached hydrogens (tertiary/aromatic N) is 2. The third-order valence-corrected chi connectivity index (χ3v) is 4.11. The van der Waals surface area contributed by atoms with E-state index in [1.54, 1.807) is 0 Å². The van der Waals surface area contributed by atoms with Crippen LogP contribution < -0.4 is 11.3 Å². The molecule has 0 aliphatic carbocycles. The monoisotopic (exact) mass is 290 g/mol. The van der Waals surface area contributed by atoms with Crippen molar-refractivity contribution in [3.05, 3.63) is 53.6 Å². The minimum Gasteiger partial charge on any atom is -0.273 e. The van der Waals surface area contributed by atoms with Crippen molar-refractivity contribution in [3.63, 3.8) is 0 Å². The third kappa shape index (κ3) is 3.49. The fraction of sp³-hybridized carbons (Fsp3) is 0.438. The van der Waals surface area contributed by atoms with Crippen LogP contribution in [-0.2, 0) is 18.4 Å². The van der Waals surface area contributed by atoms with Gasteiger partial charge in [-0.3, -0.25) is 16.0 Å². The Kier molecular flexibility index (Phi) is 4.75. The molecule has 1 atom stereocenters. The number of aryl methyl sites for hydroxylation is 1. The number of hydrogen-bond donors (Lipinski definition) is 2. The normalized spacial score (nSPS) is 13.4. The van der Waals surface area contributed by atoms with Crippen LogP contribution in [0.25, 0.3) is 0 Å². The Bertz CT molecular complexity index is 574. The Hall–Kier alpha value is -1.72. The van der Waals surface area contributed by atoms with E-state index in [0.717, 1.165) is 24.1 Å². The molecule has 21 heavy (non-hydrogen) atoms. The minimum atomic E-state index is -0.226. The summed E-state index contributed by atoms with van der Waals surface area (Å²) in [6.07, 6.45) is 4.67. The summed E-state index contributed by atoms with van der Waals surface area (Å²) < 4.78 is 15.0. The third-order valence-electron chi connectivity index (χ3n) is 4.11.